The molecule has 4 nitrogen and oxygen atoms in total. The number of carboxylic acid groups (broad SMARTS) is 1. The predicted molar refractivity (Wildman–Crippen MR) is 56.4 cm³/mol. The highest BCUT2D eigenvalue weighted by Crippen LogP contribution is 2.18. The van der Waals surface area contributed by atoms with Crippen LogP contribution in [-0.4, -0.2) is 17.6 Å². The van der Waals surface area contributed by atoms with E-state index in [2.05, 4.69) is 5.32 Å². The summed E-state index contributed by atoms with van der Waals surface area (Å²) in [6.45, 7) is 5.14. The quantitative estimate of drug-likeness (QED) is 0.754. The molecule has 15 heavy (non-hydrogen) atoms. The molecule has 84 valence electrons. The van der Waals surface area contributed by atoms with Crippen molar-refractivity contribution in [1.82, 2.24) is 5.32 Å². The van der Waals surface area contributed by atoms with Crippen molar-refractivity contribution in [1.29, 1.82) is 0 Å². The lowest BCUT2D eigenvalue weighted by Crippen LogP contribution is -2.31. The van der Waals surface area contributed by atoms with Gasteiger partial charge in [-0.05, 0) is 17.5 Å². The minimum Gasteiger partial charge on any atom is -0.481 e. The molecule has 4 heteroatoms. The minimum absolute atomic E-state index is 0.165. The number of hydrogen-bond donors (Lipinski definition) is 2. The zero-order chi connectivity index (χ0) is 11.3. The van der Waals surface area contributed by atoms with Crippen molar-refractivity contribution in [2.45, 2.75) is 26.8 Å². The van der Waals surface area contributed by atoms with Crippen molar-refractivity contribution >= 4 is 5.97 Å². The van der Waals surface area contributed by atoms with Crippen LogP contribution in [-0.2, 0) is 11.3 Å². The van der Waals surface area contributed by atoms with Crippen LogP contribution >= 0.6 is 0 Å². The lowest BCUT2D eigenvalue weighted by atomic mass is 9.89. The molecule has 0 spiro atoms. The maximum absolute atomic E-state index is 10.6. The molecule has 0 atom stereocenters. The van der Waals surface area contributed by atoms with Gasteiger partial charge in [-0.25, -0.2) is 0 Å². The lowest BCUT2D eigenvalue weighted by molar-refractivity contribution is -0.139. The third-order valence-electron chi connectivity index (χ3n) is 2.11. The number of carbonyl (C=O) groups is 1. The van der Waals surface area contributed by atoms with E-state index < -0.39 is 5.97 Å². The van der Waals surface area contributed by atoms with Crippen LogP contribution < -0.4 is 5.32 Å². The largest absolute Gasteiger partial charge is 0.481 e. The van der Waals surface area contributed by atoms with Gasteiger partial charge in [0.25, 0.3) is 0 Å². The first-order valence-electron chi connectivity index (χ1n) is 4.94. The molecule has 1 rings (SSSR count). The topological polar surface area (TPSA) is 62.5 Å². The molecule has 0 fully saturated rings. The summed E-state index contributed by atoms with van der Waals surface area (Å²) in [5, 5.41) is 11.9. The molecule has 0 aliphatic carbocycles. The molecule has 1 aromatic heterocycles. The smallest absolute Gasteiger partial charge is 0.303 e. The van der Waals surface area contributed by atoms with Crippen molar-refractivity contribution in [3.05, 3.63) is 24.2 Å². The molecule has 0 aliphatic heterocycles. The van der Waals surface area contributed by atoms with Gasteiger partial charge in [-0.1, -0.05) is 13.8 Å². The average Bonchev–Trinajstić information content (AvgIpc) is 2.53. The van der Waals surface area contributed by atoms with Crippen LogP contribution in [0.3, 0.4) is 0 Å². The van der Waals surface area contributed by atoms with E-state index in [0.717, 1.165) is 5.76 Å². The summed E-state index contributed by atoms with van der Waals surface area (Å²) in [6, 6.07) is 3.72. The summed E-state index contributed by atoms with van der Waals surface area (Å²) in [4.78, 5) is 10.6. The molecule has 1 aromatic rings. The van der Waals surface area contributed by atoms with Crippen molar-refractivity contribution in [3.8, 4) is 0 Å². The first-order chi connectivity index (χ1) is 6.99. The highest BCUT2D eigenvalue weighted by atomic mass is 16.4. The zero-order valence-corrected chi connectivity index (χ0v) is 9.12. The maximum Gasteiger partial charge on any atom is 0.303 e. The fourth-order valence-corrected chi connectivity index (χ4v) is 1.41. The highest BCUT2D eigenvalue weighted by Gasteiger charge is 2.21. The van der Waals surface area contributed by atoms with Crippen LogP contribution in [0.4, 0.5) is 0 Å². The van der Waals surface area contributed by atoms with Gasteiger partial charge in [-0.15, -0.1) is 0 Å². The van der Waals surface area contributed by atoms with Gasteiger partial charge in [0.2, 0.25) is 0 Å². The molecule has 0 bridgehead atoms. The van der Waals surface area contributed by atoms with Crippen molar-refractivity contribution in [3.63, 3.8) is 0 Å². The number of nitrogens with one attached hydrogen (secondary N) is 1. The molecule has 1 heterocycles. The second-order valence-electron chi connectivity index (χ2n) is 4.42. The standard InChI is InChI=1S/C11H17NO3/c1-11(2,6-10(13)14)8-12-7-9-4-3-5-15-9/h3-5,12H,6-8H2,1-2H3,(H,13,14). The van der Waals surface area contributed by atoms with Crippen molar-refractivity contribution in [2.75, 3.05) is 6.54 Å². The summed E-state index contributed by atoms with van der Waals surface area (Å²) >= 11 is 0. The van der Waals surface area contributed by atoms with Crippen LogP contribution in [0.15, 0.2) is 22.8 Å². The SMILES string of the molecule is CC(C)(CNCc1ccco1)CC(=O)O. The molecule has 0 amide bonds. The second kappa shape index (κ2) is 4.98. The molecule has 2 N–H and O–H groups in total. The number of hydrogen-bond acceptors (Lipinski definition) is 3. The highest BCUT2D eigenvalue weighted by molar-refractivity contribution is 5.67. The predicted octanol–water partition coefficient (Wildman–Crippen LogP) is 1.87. The minimum atomic E-state index is -0.764. The van der Waals surface area contributed by atoms with E-state index in [9.17, 15) is 4.79 Å². The summed E-state index contributed by atoms with van der Waals surface area (Å²) in [5.41, 5.74) is -0.238. The Hall–Kier alpha value is -1.29. The van der Waals surface area contributed by atoms with Crippen LogP contribution in [0.2, 0.25) is 0 Å². The van der Waals surface area contributed by atoms with Gasteiger partial charge in [0.15, 0.2) is 0 Å². The Morgan fingerprint density at radius 3 is 2.87 bits per heavy atom. The molecule has 0 radical (unpaired) electrons. The Kier molecular flexibility index (Phi) is 3.91. The Labute approximate surface area is 89.3 Å². The summed E-state index contributed by atoms with van der Waals surface area (Å²) in [6.07, 6.45) is 1.79. The molecule has 0 aromatic carbocycles. The first kappa shape index (κ1) is 11.8. The van der Waals surface area contributed by atoms with E-state index in [0.29, 0.717) is 13.1 Å². The molecular formula is C11H17NO3. The van der Waals surface area contributed by atoms with Gasteiger partial charge in [0.1, 0.15) is 5.76 Å². The second-order valence-corrected chi connectivity index (χ2v) is 4.42. The van der Waals surface area contributed by atoms with Gasteiger partial charge >= 0.3 is 5.97 Å². The Balaban J connectivity index is 2.27. The maximum atomic E-state index is 10.6. The third kappa shape index (κ3) is 4.65. The van der Waals surface area contributed by atoms with E-state index in [4.69, 9.17) is 9.52 Å². The van der Waals surface area contributed by atoms with Crippen LogP contribution in [0.25, 0.3) is 0 Å². The molecule has 0 aliphatic rings. The number of aliphatic carboxylic acids is 1. The fourth-order valence-electron chi connectivity index (χ4n) is 1.41. The van der Waals surface area contributed by atoms with Crippen molar-refractivity contribution < 1.29 is 14.3 Å². The van der Waals surface area contributed by atoms with Gasteiger partial charge in [-0.3, -0.25) is 4.79 Å². The van der Waals surface area contributed by atoms with Gasteiger partial charge in [0, 0.05) is 6.54 Å². The normalized spacial score (nSPS) is 11.6. The van der Waals surface area contributed by atoms with Crippen LogP contribution in [0, 0.1) is 5.41 Å². The van der Waals surface area contributed by atoms with E-state index >= 15 is 0 Å². The first-order valence-corrected chi connectivity index (χ1v) is 4.94. The van der Waals surface area contributed by atoms with Crippen molar-refractivity contribution in [2.24, 2.45) is 5.41 Å². The summed E-state index contributed by atoms with van der Waals surface area (Å²) < 4.78 is 5.15. The molecule has 0 unspecified atom stereocenters. The number of furan rings is 1. The van der Waals surface area contributed by atoms with E-state index in [1.807, 2.05) is 26.0 Å². The Morgan fingerprint density at radius 2 is 2.33 bits per heavy atom. The van der Waals surface area contributed by atoms with Crippen LogP contribution in [0.5, 0.6) is 0 Å². The van der Waals surface area contributed by atoms with Gasteiger partial charge in [0.05, 0.1) is 19.2 Å². The van der Waals surface area contributed by atoms with Gasteiger partial charge in [-0.2, -0.15) is 0 Å². The summed E-state index contributed by atoms with van der Waals surface area (Å²) in [7, 11) is 0. The fraction of sp³-hybridized carbons (Fsp3) is 0.545. The van der Waals surface area contributed by atoms with E-state index in [1.165, 1.54) is 0 Å². The van der Waals surface area contributed by atoms with Gasteiger partial charge < -0.3 is 14.8 Å². The number of rotatable bonds is 6. The molecular weight excluding hydrogens is 194 g/mol. The third-order valence-corrected chi connectivity index (χ3v) is 2.11. The Bertz CT molecular complexity index is 304. The average molecular weight is 211 g/mol. The van der Waals surface area contributed by atoms with Crippen LogP contribution in [0.1, 0.15) is 26.0 Å². The van der Waals surface area contributed by atoms with E-state index in [-0.39, 0.29) is 11.8 Å². The summed E-state index contributed by atoms with van der Waals surface area (Å²) in [5.74, 6) is 0.0981. The lowest BCUT2D eigenvalue weighted by Gasteiger charge is -2.22. The molecule has 0 saturated heterocycles. The Morgan fingerprint density at radius 1 is 1.60 bits per heavy atom. The number of carboxylic acids is 1. The zero-order valence-electron chi connectivity index (χ0n) is 9.12. The van der Waals surface area contributed by atoms with E-state index in [1.54, 1.807) is 6.26 Å². The molecule has 0 saturated carbocycles. The monoisotopic (exact) mass is 211 g/mol.